The van der Waals surface area contributed by atoms with E-state index in [4.69, 9.17) is 0 Å². The number of rotatable bonds is 4. The molecule has 0 saturated carbocycles. The van der Waals surface area contributed by atoms with Crippen molar-refractivity contribution in [1.82, 2.24) is 9.97 Å². The maximum absolute atomic E-state index is 11.5. The van der Waals surface area contributed by atoms with E-state index >= 15 is 0 Å². The largest absolute Gasteiger partial charge is 0.480 e. The fourth-order valence-corrected chi connectivity index (χ4v) is 1.48. The Morgan fingerprint density at radius 3 is 2.59 bits per heavy atom. The van der Waals surface area contributed by atoms with Gasteiger partial charge in [0.2, 0.25) is 0 Å². The molecular formula is C10H12N2O4S. The Morgan fingerprint density at radius 2 is 2.06 bits per heavy atom. The quantitative estimate of drug-likeness (QED) is 0.285. The average molecular weight is 256 g/mol. The average Bonchev–Trinajstić information content (AvgIpc) is 2.38. The third-order valence-electron chi connectivity index (χ3n) is 1.90. The number of esters is 1. The summed E-state index contributed by atoms with van der Waals surface area (Å²) in [5, 5.41) is 10.2. The molecule has 92 valence electrons. The summed E-state index contributed by atoms with van der Waals surface area (Å²) in [6.45, 7) is 0. The first-order valence-electron chi connectivity index (χ1n) is 4.56. The zero-order chi connectivity index (χ0) is 12.8. The zero-order valence-corrected chi connectivity index (χ0v) is 10.4. The molecule has 7 heteroatoms. The summed E-state index contributed by atoms with van der Waals surface area (Å²) < 4.78 is 9.19. The lowest BCUT2D eigenvalue weighted by molar-refractivity contribution is -0.134. The minimum Gasteiger partial charge on any atom is -0.480 e. The van der Waals surface area contributed by atoms with Crippen molar-refractivity contribution >= 4 is 23.3 Å². The number of ether oxygens (including phenoxy) is 2. The number of hydrogen-bond donors (Lipinski definition) is 1. The van der Waals surface area contributed by atoms with Crippen molar-refractivity contribution in [1.29, 1.82) is 0 Å². The van der Waals surface area contributed by atoms with Crippen LogP contribution < -0.4 is 0 Å². The maximum atomic E-state index is 11.5. The van der Waals surface area contributed by atoms with Gasteiger partial charge in [-0.3, -0.25) is 0 Å². The van der Waals surface area contributed by atoms with E-state index in [-0.39, 0.29) is 11.3 Å². The van der Waals surface area contributed by atoms with Crippen molar-refractivity contribution in [2.75, 3.05) is 20.5 Å². The maximum Gasteiger partial charge on any atom is 0.347 e. The Kier molecular flexibility index (Phi) is 4.77. The van der Waals surface area contributed by atoms with Gasteiger partial charge in [0.25, 0.3) is 5.95 Å². The second kappa shape index (κ2) is 6.09. The molecule has 0 aromatic carbocycles. The summed E-state index contributed by atoms with van der Waals surface area (Å²) in [6, 6.07) is 1.56. The number of aliphatic hydroxyl groups is 1. The van der Waals surface area contributed by atoms with E-state index in [0.29, 0.717) is 5.03 Å². The van der Waals surface area contributed by atoms with Crippen LogP contribution >= 0.6 is 11.8 Å². The summed E-state index contributed by atoms with van der Waals surface area (Å²) in [5.41, 5.74) is 0.114. The second-order valence-electron chi connectivity index (χ2n) is 2.82. The van der Waals surface area contributed by atoms with E-state index in [0.717, 1.165) is 0 Å². The second-order valence-corrected chi connectivity index (χ2v) is 3.65. The summed E-state index contributed by atoms with van der Waals surface area (Å²) in [4.78, 5) is 19.4. The molecule has 0 aliphatic rings. The summed E-state index contributed by atoms with van der Waals surface area (Å²) >= 11 is 1.39. The monoisotopic (exact) mass is 256 g/mol. The Hall–Kier alpha value is -1.76. The van der Waals surface area contributed by atoms with Crippen LogP contribution in [0.25, 0.3) is 5.57 Å². The summed E-state index contributed by atoms with van der Waals surface area (Å²) in [6.07, 6.45) is 3.14. The Labute approximate surface area is 103 Å². The molecule has 0 radical (unpaired) electrons. The molecule has 6 nitrogen and oxygen atoms in total. The van der Waals surface area contributed by atoms with Gasteiger partial charge in [0.1, 0.15) is 6.33 Å². The molecular weight excluding hydrogens is 244 g/mol. The Morgan fingerprint density at radius 1 is 1.35 bits per heavy atom. The fraction of sp³-hybridized carbons (Fsp3) is 0.300. The van der Waals surface area contributed by atoms with E-state index in [1.807, 2.05) is 6.26 Å². The lowest BCUT2D eigenvalue weighted by atomic mass is 10.2. The van der Waals surface area contributed by atoms with E-state index in [9.17, 15) is 9.90 Å². The number of carbonyl (C=O) groups excluding carboxylic acids is 1. The van der Waals surface area contributed by atoms with Gasteiger partial charge in [-0.05, 0) is 12.3 Å². The van der Waals surface area contributed by atoms with Crippen LogP contribution in [0.5, 0.6) is 0 Å². The highest BCUT2D eigenvalue weighted by molar-refractivity contribution is 7.98. The van der Waals surface area contributed by atoms with Gasteiger partial charge < -0.3 is 14.6 Å². The minimum absolute atomic E-state index is 0.132. The summed E-state index contributed by atoms with van der Waals surface area (Å²) in [5.74, 6) is -1.27. The van der Waals surface area contributed by atoms with Crippen molar-refractivity contribution in [3.05, 3.63) is 24.0 Å². The van der Waals surface area contributed by atoms with Gasteiger partial charge >= 0.3 is 5.97 Å². The normalized spacial score (nSPS) is 11.7. The number of nitrogens with zero attached hydrogens (tertiary/aromatic N) is 2. The predicted molar refractivity (Wildman–Crippen MR) is 62.4 cm³/mol. The van der Waals surface area contributed by atoms with Crippen LogP contribution in [0, 0.1) is 0 Å². The standard InChI is InChI=1S/C10H12N2O4S/c1-15-9(13)8(10(14)16-2)6-4-7(17-3)12-5-11-6/h4-5,13H,1-3H3/b9-8-. The van der Waals surface area contributed by atoms with Crippen molar-refractivity contribution in [3.63, 3.8) is 0 Å². The van der Waals surface area contributed by atoms with Gasteiger partial charge in [0, 0.05) is 0 Å². The van der Waals surface area contributed by atoms with Crippen molar-refractivity contribution in [2.45, 2.75) is 5.03 Å². The molecule has 17 heavy (non-hydrogen) atoms. The van der Waals surface area contributed by atoms with Gasteiger partial charge in [0.05, 0.1) is 24.9 Å². The van der Waals surface area contributed by atoms with E-state index in [2.05, 4.69) is 19.4 Å². The van der Waals surface area contributed by atoms with Crippen molar-refractivity contribution in [3.8, 4) is 0 Å². The third-order valence-corrected chi connectivity index (χ3v) is 2.55. The van der Waals surface area contributed by atoms with Crippen LogP contribution in [-0.4, -0.2) is 41.5 Å². The number of aromatic nitrogens is 2. The van der Waals surface area contributed by atoms with Crippen LogP contribution in [0.1, 0.15) is 5.69 Å². The van der Waals surface area contributed by atoms with E-state index in [1.54, 1.807) is 6.07 Å². The van der Waals surface area contributed by atoms with E-state index < -0.39 is 11.9 Å². The van der Waals surface area contributed by atoms with Gasteiger partial charge in [-0.15, -0.1) is 11.8 Å². The van der Waals surface area contributed by atoms with E-state index in [1.165, 1.54) is 32.3 Å². The first-order chi connectivity index (χ1) is 8.13. The number of carbonyl (C=O) groups is 1. The SMILES string of the molecule is COC(=O)/C(=C(/O)OC)c1cc(SC)ncn1. The molecule has 0 spiro atoms. The molecule has 1 aromatic rings. The highest BCUT2D eigenvalue weighted by Crippen LogP contribution is 2.20. The number of methoxy groups -OCH3 is 2. The molecule has 0 aliphatic carbocycles. The first kappa shape index (κ1) is 13.3. The van der Waals surface area contributed by atoms with Gasteiger partial charge in [0.15, 0.2) is 5.57 Å². The van der Waals surface area contributed by atoms with Crippen LogP contribution in [0.3, 0.4) is 0 Å². The first-order valence-corrected chi connectivity index (χ1v) is 5.78. The molecule has 0 amide bonds. The smallest absolute Gasteiger partial charge is 0.347 e. The Bertz CT molecular complexity index is 448. The van der Waals surface area contributed by atoms with Gasteiger partial charge in [-0.25, -0.2) is 14.8 Å². The van der Waals surface area contributed by atoms with Crippen LogP contribution in [0.4, 0.5) is 0 Å². The molecule has 0 fully saturated rings. The van der Waals surface area contributed by atoms with Gasteiger partial charge in [-0.2, -0.15) is 0 Å². The minimum atomic E-state index is -0.727. The zero-order valence-electron chi connectivity index (χ0n) is 9.63. The van der Waals surface area contributed by atoms with Crippen LogP contribution in [0.15, 0.2) is 23.4 Å². The summed E-state index contributed by atoms with van der Waals surface area (Å²) in [7, 11) is 2.46. The van der Waals surface area contributed by atoms with Crippen LogP contribution in [-0.2, 0) is 14.3 Å². The van der Waals surface area contributed by atoms with Crippen molar-refractivity contribution < 1.29 is 19.4 Å². The lowest BCUT2D eigenvalue weighted by Gasteiger charge is -2.07. The number of thioether (sulfide) groups is 1. The van der Waals surface area contributed by atoms with Crippen molar-refractivity contribution in [2.24, 2.45) is 0 Å². The molecule has 1 N–H and O–H groups in total. The Balaban J connectivity index is 3.27. The third kappa shape index (κ3) is 3.10. The highest BCUT2D eigenvalue weighted by atomic mass is 32.2. The molecule has 0 unspecified atom stereocenters. The molecule has 0 aliphatic heterocycles. The molecule has 1 rings (SSSR count). The molecule has 0 bridgehead atoms. The number of hydrogen-bond acceptors (Lipinski definition) is 7. The van der Waals surface area contributed by atoms with Gasteiger partial charge in [-0.1, -0.05) is 0 Å². The fourth-order valence-electron chi connectivity index (χ4n) is 1.09. The molecule has 0 atom stereocenters. The highest BCUT2D eigenvalue weighted by Gasteiger charge is 2.21. The predicted octanol–water partition coefficient (Wildman–Crippen LogP) is 1.24. The molecule has 1 aromatic heterocycles. The molecule has 1 heterocycles. The lowest BCUT2D eigenvalue weighted by Crippen LogP contribution is -2.09. The molecule has 0 saturated heterocycles. The topological polar surface area (TPSA) is 81.5 Å². The van der Waals surface area contributed by atoms with Crippen LogP contribution in [0.2, 0.25) is 0 Å². The number of aliphatic hydroxyl groups excluding tert-OH is 1.